The quantitative estimate of drug-likeness (QED) is 0.361. The van der Waals surface area contributed by atoms with Crippen molar-refractivity contribution in [2.45, 2.75) is 52.7 Å². The van der Waals surface area contributed by atoms with E-state index in [1.54, 1.807) is 0 Å². The molecule has 5 heteroatoms. The van der Waals surface area contributed by atoms with Crippen LogP contribution in [0.2, 0.25) is 0 Å². The van der Waals surface area contributed by atoms with Gasteiger partial charge >= 0.3 is 5.97 Å². The second-order valence-electron chi connectivity index (χ2n) is 6.65. The highest BCUT2D eigenvalue weighted by Gasteiger charge is 2.41. The topological polar surface area (TPSA) is 44.8 Å². The molecule has 1 aliphatic heterocycles. The van der Waals surface area contributed by atoms with Crippen LogP contribution in [0.1, 0.15) is 47.0 Å². The van der Waals surface area contributed by atoms with E-state index < -0.39 is 5.79 Å². The Kier molecular flexibility index (Phi) is 7.13. The summed E-state index contributed by atoms with van der Waals surface area (Å²) in [5.41, 5.74) is 0.0456. The highest BCUT2D eigenvalue weighted by molar-refractivity contribution is 14.1. The Bertz CT molecular complexity index is 368. The monoisotopic (exact) mass is 410 g/mol. The van der Waals surface area contributed by atoms with E-state index in [9.17, 15) is 4.79 Å². The molecule has 1 aliphatic rings. The fourth-order valence-corrected chi connectivity index (χ4v) is 2.46. The molecule has 0 aromatic rings. The van der Waals surface area contributed by atoms with Crippen molar-refractivity contribution in [1.29, 1.82) is 0 Å². The number of hydrogen-bond donors (Lipinski definition) is 0. The molecule has 0 radical (unpaired) electrons. The van der Waals surface area contributed by atoms with E-state index in [2.05, 4.69) is 49.9 Å². The van der Waals surface area contributed by atoms with Crippen molar-refractivity contribution in [1.82, 2.24) is 0 Å². The summed E-state index contributed by atoms with van der Waals surface area (Å²) in [5, 5.41) is 0. The van der Waals surface area contributed by atoms with E-state index in [4.69, 9.17) is 14.2 Å². The molecule has 21 heavy (non-hydrogen) atoms. The largest absolute Gasteiger partial charge is 0.466 e. The van der Waals surface area contributed by atoms with E-state index in [1.807, 2.05) is 0 Å². The second kappa shape index (κ2) is 7.92. The molecule has 1 fully saturated rings. The van der Waals surface area contributed by atoms with E-state index in [0.29, 0.717) is 25.7 Å². The van der Waals surface area contributed by atoms with Gasteiger partial charge in [0.25, 0.3) is 0 Å². The third-order valence-electron chi connectivity index (χ3n) is 3.61. The van der Waals surface area contributed by atoms with Gasteiger partial charge in [0, 0.05) is 25.2 Å². The van der Waals surface area contributed by atoms with Crippen LogP contribution in [0.15, 0.2) is 10.2 Å². The Hall–Kier alpha value is -0.140. The summed E-state index contributed by atoms with van der Waals surface area (Å²) in [4.78, 5) is 10.8. The molecule has 0 bridgehead atoms. The second-order valence-corrected chi connectivity index (χ2v) is 8.03. The maximum atomic E-state index is 10.8. The Labute approximate surface area is 141 Å². The highest BCUT2D eigenvalue weighted by atomic mass is 127. The minimum Gasteiger partial charge on any atom is -0.466 e. The van der Waals surface area contributed by atoms with Gasteiger partial charge in [-0.1, -0.05) is 27.4 Å². The lowest BCUT2D eigenvalue weighted by molar-refractivity contribution is -0.307. The standard InChI is InChI=1S/C16H27IO4/c1-12(13(2)17)9-16(7-6-8-19-14(3)18)20-10-15(4,5)11-21-16/h12H,2,6-11H2,1,3-5H3/t12-/m1/s1. The number of carbonyl (C=O) groups is 1. The molecule has 0 amide bonds. The van der Waals surface area contributed by atoms with Gasteiger partial charge in [-0.3, -0.25) is 4.79 Å². The van der Waals surface area contributed by atoms with Crippen LogP contribution in [0.25, 0.3) is 0 Å². The third-order valence-corrected chi connectivity index (χ3v) is 4.67. The first-order valence-electron chi connectivity index (χ1n) is 7.41. The molecular formula is C16H27IO4. The molecule has 4 nitrogen and oxygen atoms in total. The van der Waals surface area contributed by atoms with Crippen LogP contribution in [0, 0.1) is 11.3 Å². The maximum absolute atomic E-state index is 10.8. The minimum atomic E-state index is -0.580. The number of ether oxygens (including phenoxy) is 3. The van der Waals surface area contributed by atoms with Crippen molar-refractivity contribution >= 4 is 28.6 Å². The molecule has 1 heterocycles. The molecule has 1 rings (SSSR count). The van der Waals surface area contributed by atoms with Crippen molar-refractivity contribution in [3.8, 4) is 0 Å². The van der Waals surface area contributed by atoms with E-state index in [1.165, 1.54) is 6.92 Å². The first-order chi connectivity index (χ1) is 9.66. The van der Waals surface area contributed by atoms with E-state index in [0.717, 1.165) is 22.8 Å². The summed E-state index contributed by atoms with van der Waals surface area (Å²) in [6.45, 7) is 13.6. The van der Waals surface area contributed by atoms with Gasteiger partial charge < -0.3 is 14.2 Å². The average molecular weight is 410 g/mol. The van der Waals surface area contributed by atoms with Gasteiger partial charge in [0.2, 0.25) is 0 Å². The zero-order chi connectivity index (χ0) is 16.1. The third kappa shape index (κ3) is 6.65. The molecular weight excluding hydrogens is 383 g/mol. The van der Waals surface area contributed by atoms with Crippen LogP contribution in [-0.4, -0.2) is 31.6 Å². The van der Waals surface area contributed by atoms with Gasteiger partial charge in [-0.15, -0.1) is 0 Å². The Morgan fingerprint density at radius 1 is 1.38 bits per heavy atom. The lowest BCUT2D eigenvalue weighted by Gasteiger charge is -2.44. The maximum Gasteiger partial charge on any atom is 0.302 e. The Balaban J connectivity index is 2.62. The zero-order valence-corrected chi connectivity index (χ0v) is 15.7. The first-order valence-corrected chi connectivity index (χ1v) is 8.49. The molecule has 1 saturated heterocycles. The molecule has 0 aromatic heterocycles. The number of rotatable bonds is 7. The Morgan fingerprint density at radius 2 is 1.95 bits per heavy atom. The van der Waals surface area contributed by atoms with Crippen LogP contribution in [0.4, 0.5) is 0 Å². The van der Waals surface area contributed by atoms with Crippen molar-refractivity contribution in [3.05, 3.63) is 10.2 Å². The van der Waals surface area contributed by atoms with Crippen LogP contribution in [0.5, 0.6) is 0 Å². The summed E-state index contributed by atoms with van der Waals surface area (Å²) in [6.07, 6.45) is 2.25. The fourth-order valence-electron chi connectivity index (χ4n) is 2.24. The van der Waals surface area contributed by atoms with Crippen molar-refractivity contribution in [2.75, 3.05) is 19.8 Å². The lowest BCUT2D eigenvalue weighted by Crippen LogP contribution is -2.48. The van der Waals surface area contributed by atoms with Crippen molar-refractivity contribution in [2.24, 2.45) is 11.3 Å². The van der Waals surface area contributed by atoms with E-state index >= 15 is 0 Å². The number of allylic oxidation sites excluding steroid dienone is 1. The van der Waals surface area contributed by atoms with Gasteiger partial charge in [-0.05, 0) is 38.5 Å². The number of hydrogen-bond acceptors (Lipinski definition) is 4. The first kappa shape index (κ1) is 18.9. The van der Waals surface area contributed by atoms with Crippen molar-refractivity contribution in [3.63, 3.8) is 0 Å². The predicted octanol–water partition coefficient (Wildman–Crippen LogP) is 4.07. The smallest absolute Gasteiger partial charge is 0.302 e. The molecule has 0 saturated carbocycles. The molecule has 1 atom stereocenters. The van der Waals surface area contributed by atoms with Crippen molar-refractivity contribution < 1.29 is 19.0 Å². The molecule has 0 spiro atoms. The fraction of sp³-hybridized carbons (Fsp3) is 0.812. The summed E-state index contributed by atoms with van der Waals surface area (Å²) >= 11 is 2.26. The van der Waals surface area contributed by atoms with Gasteiger partial charge in [-0.25, -0.2) is 0 Å². The van der Waals surface area contributed by atoms with Gasteiger partial charge in [0.1, 0.15) is 0 Å². The van der Waals surface area contributed by atoms with Gasteiger partial charge in [0.05, 0.1) is 19.8 Å². The zero-order valence-electron chi connectivity index (χ0n) is 13.5. The molecule has 122 valence electrons. The van der Waals surface area contributed by atoms with Crippen LogP contribution < -0.4 is 0 Å². The number of esters is 1. The predicted molar refractivity (Wildman–Crippen MR) is 91.2 cm³/mol. The summed E-state index contributed by atoms with van der Waals surface area (Å²) in [5.74, 6) is -0.506. The van der Waals surface area contributed by atoms with Gasteiger partial charge in [-0.2, -0.15) is 0 Å². The van der Waals surface area contributed by atoms with Crippen LogP contribution in [-0.2, 0) is 19.0 Å². The SMILES string of the molecule is C=C(I)[C@H](C)CC1(CCCOC(C)=O)OCC(C)(C)CO1. The summed E-state index contributed by atoms with van der Waals surface area (Å²) in [6, 6.07) is 0. The number of carbonyl (C=O) groups excluding carboxylic acids is 1. The highest BCUT2D eigenvalue weighted by Crippen LogP contribution is 2.38. The van der Waals surface area contributed by atoms with Crippen LogP contribution in [0.3, 0.4) is 0 Å². The van der Waals surface area contributed by atoms with Gasteiger partial charge in [0.15, 0.2) is 5.79 Å². The van der Waals surface area contributed by atoms with Crippen LogP contribution >= 0.6 is 22.6 Å². The lowest BCUT2D eigenvalue weighted by atomic mass is 9.91. The molecule has 0 unspecified atom stereocenters. The van der Waals surface area contributed by atoms with E-state index in [-0.39, 0.29) is 11.4 Å². The Morgan fingerprint density at radius 3 is 2.43 bits per heavy atom. The summed E-state index contributed by atoms with van der Waals surface area (Å²) < 4.78 is 18.3. The normalized spacial score (nSPS) is 21.6. The molecule has 0 N–H and O–H groups in total. The molecule has 0 aromatic carbocycles. The number of halogens is 1. The molecule has 0 aliphatic carbocycles. The summed E-state index contributed by atoms with van der Waals surface area (Å²) in [7, 11) is 0. The minimum absolute atomic E-state index is 0.0456. The average Bonchev–Trinajstić information content (AvgIpc) is 2.38.